The number of aryl methyl sites for hydroxylation is 1. The number of nitrogens with two attached hydrogens (primary N) is 1. The molecule has 0 spiro atoms. The van der Waals surface area contributed by atoms with E-state index in [9.17, 15) is 0 Å². The van der Waals surface area contributed by atoms with Crippen molar-refractivity contribution in [2.45, 2.75) is 26.4 Å². The zero-order valence-electron chi connectivity index (χ0n) is 11.3. The van der Waals surface area contributed by atoms with Crippen molar-refractivity contribution in [3.8, 4) is 5.75 Å². The summed E-state index contributed by atoms with van der Waals surface area (Å²) in [5, 5.41) is 4.27. The largest absolute Gasteiger partial charge is 0.494 e. The third-order valence-electron chi connectivity index (χ3n) is 3.04. The van der Waals surface area contributed by atoms with Crippen molar-refractivity contribution in [1.29, 1.82) is 0 Å². The summed E-state index contributed by atoms with van der Waals surface area (Å²) >= 11 is 0. The summed E-state index contributed by atoms with van der Waals surface area (Å²) in [6.07, 6.45) is 1.79. The number of benzene rings is 1. The number of hydrogen-bond acceptors (Lipinski definition) is 4. The van der Waals surface area contributed by atoms with Crippen LogP contribution < -0.4 is 16.0 Å². The Morgan fingerprint density at radius 1 is 1.26 bits per heavy atom. The summed E-state index contributed by atoms with van der Waals surface area (Å²) in [6, 6.07) is 9.85. The summed E-state index contributed by atoms with van der Waals surface area (Å²) in [5.74, 6) is 6.56. The maximum atomic E-state index is 5.69. The van der Waals surface area contributed by atoms with Gasteiger partial charge in [-0.2, -0.15) is 5.10 Å². The second kappa shape index (κ2) is 6.36. The minimum absolute atomic E-state index is 0.0712. The lowest BCUT2D eigenvalue weighted by Crippen LogP contribution is -2.30. The van der Waals surface area contributed by atoms with Crippen LogP contribution in [0.25, 0.3) is 0 Å². The highest BCUT2D eigenvalue weighted by Gasteiger charge is 2.16. The number of hydrazine groups is 1. The van der Waals surface area contributed by atoms with Gasteiger partial charge >= 0.3 is 0 Å². The Bertz CT molecular complexity index is 506. The van der Waals surface area contributed by atoms with Crippen LogP contribution in [0.1, 0.15) is 31.1 Å². The van der Waals surface area contributed by atoms with Gasteiger partial charge in [0.05, 0.1) is 18.3 Å². The molecule has 102 valence electrons. The molecular formula is C14H20N4O. The number of nitrogens with one attached hydrogen (secondary N) is 1. The average molecular weight is 260 g/mol. The van der Waals surface area contributed by atoms with Crippen LogP contribution in [0.5, 0.6) is 5.75 Å². The van der Waals surface area contributed by atoms with Crippen LogP contribution in [-0.2, 0) is 6.54 Å². The highest BCUT2D eigenvalue weighted by Crippen LogP contribution is 2.23. The highest BCUT2D eigenvalue weighted by atomic mass is 16.5. The highest BCUT2D eigenvalue weighted by molar-refractivity contribution is 5.33. The molecule has 5 nitrogen and oxygen atoms in total. The van der Waals surface area contributed by atoms with Crippen molar-refractivity contribution in [2.75, 3.05) is 6.61 Å². The molecule has 0 amide bonds. The first-order valence-corrected chi connectivity index (χ1v) is 6.50. The fraction of sp³-hybridized carbons (Fsp3) is 0.357. The lowest BCUT2D eigenvalue weighted by Gasteiger charge is -2.18. The van der Waals surface area contributed by atoms with E-state index in [0.717, 1.165) is 23.6 Å². The Labute approximate surface area is 113 Å². The average Bonchev–Trinajstić information content (AvgIpc) is 2.90. The van der Waals surface area contributed by atoms with E-state index in [0.29, 0.717) is 6.61 Å². The first-order chi connectivity index (χ1) is 9.30. The molecule has 0 radical (unpaired) electrons. The van der Waals surface area contributed by atoms with Gasteiger partial charge in [-0.3, -0.25) is 10.5 Å². The van der Waals surface area contributed by atoms with E-state index in [-0.39, 0.29) is 6.04 Å². The van der Waals surface area contributed by atoms with Crippen molar-refractivity contribution in [3.63, 3.8) is 0 Å². The van der Waals surface area contributed by atoms with Gasteiger partial charge in [-0.15, -0.1) is 0 Å². The molecule has 0 aliphatic heterocycles. The molecule has 0 bridgehead atoms. The molecule has 5 heteroatoms. The van der Waals surface area contributed by atoms with Crippen LogP contribution in [0.4, 0.5) is 0 Å². The van der Waals surface area contributed by atoms with Gasteiger partial charge in [0.25, 0.3) is 0 Å². The first kappa shape index (κ1) is 13.6. The summed E-state index contributed by atoms with van der Waals surface area (Å²) in [5.41, 5.74) is 4.98. The van der Waals surface area contributed by atoms with E-state index in [2.05, 4.69) is 17.4 Å². The molecule has 0 fully saturated rings. The van der Waals surface area contributed by atoms with Gasteiger partial charge in [0, 0.05) is 12.7 Å². The lowest BCUT2D eigenvalue weighted by atomic mass is 10.0. The zero-order chi connectivity index (χ0) is 13.7. The molecule has 0 aliphatic carbocycles. The normalized spacial score (nSPS) is 12.4. The Morgan fingerprint density at radius 2 is 2.00 bits per heavy atom. The van der Waals surface area contributed by atoms with Crippen molar-refractivity contribution >= 4 is 0 Å². The van der Waals surface area contributed by atoms with E-state index in [1.54, 1.807) is 6.20 Å². The number of hydrogen-bond donors (Lipinski definition) is 2. The standard InChI is InChI=1S/C14H20N4O/c1-3-18-13(9-10-16-18)14(17-15)11-5-7-12(8-6-11)19-4-2/h5-10,14,17H,3-4,15H2,1-2H3. The lowest BCUT2D eigenvalue weighted by molar-refractivity contribution is 0.340. The van der Waals surface area contributed by atoms with E-state index in [1.807, 2.05) is 41.9 Å². The number of nitrogens with zero attached hydrogens (tertiary/aromatic N) is 2. The van der Waals surface area contributed by atoms with E-state index < -0.39 is 0 Å². The Balaban J connectivity index is 2.26. The fourth-order valence-corrected chi connectivity index (χ4v) is 2.13. The Kier molecular flexibility index (Phi) is 4.54. The summed E-state index contributed by atoms with van der Waals surface area (Å²) < 4.78 is 7.37. The molecule has 0 aliphatic rings. The smallest absolute Gasteiger partial charge is 0.119 e. The summed E-state index contributed by atoms with van der Waals surface area (Å²) in [6.45, 7) is 5.51. The van der Waals surface area contributed by atoms with Gasteiger partial charge in [-0.1, -0.05) is 12.1 Å². The summed E-state index contributed by atoms with van der Waals surface area (Å²) in [7, 11) is 0. The maximum Gasteiger partial charge on any atom is 0.119 e. The quantitative estimate of drug-likeness (QED) is 0.614. The zero-order valence-corrected chi connectivity index (χ0v) is 11.3. The second-order valence-corrected chi connectivity index (χ2v) is 4.17. The van der Waals surface area contributed by atoms with Crippen LogP contribution in [-0.4, -0.2) is 16.4 Å². The molecule has 1 aromatic heterocycles. The van der Waals surface area contributed by atoms with Crippen LogP contribution in [0.2, 0.25) is 0 Å². The van der Waals surface area contributed by atoms with Crippen LogP contribution in [0, 0.1) is 0 Å². The molecule has 0 saturated carbocycles. The molecule has 1 aromatic carbocycles. The molecule has 3 N–H and O–H groups in total. The molecule has 2 rings (SSSR count). The SMILES string of the molecule is CCOc1ccc(C(NN)c2ccnn2CC)cc1. The van der Waals surface area contributed by atoms with Gasteiger partial charge in [0.1, 0.15) is 5.75 Å². The van der Waals surface area contributed by atoms with Gasteiger partial charge < -0.3 is 4.74 Å². The molecule has 2 aromatic rings. The number of rotatable bonds is 6. The van der Waals surface area contributed by atoms with Crippen LogP contribution >= 0.6 is 0 Å². The van der Waals surface area contributed by atoms with E-state index >= 15 is 0 Å². The molecule has 1 unspecified atom stereocenters. The van der Waals surface area contributed by atoms with Gasteiger partial charge in [0.15, 0.2) is 0 Å². The third-order valence-corrected chi connectivity index (χ3v) is 3.04. The maximum absolute atomic E-state index is 5.69. The molecular weight excluding hydrogens is 240 g/mol. The Morgan fingerprint density at radius 3 is 2.58 bits per heavy atom. The first-order valence-electron chi connectivity index (χ1n) is 6.50. The monoisotopic (exact) mass is 260 g/mol. The van der Waals surface area contributed by atoms with Crippen molar-refractivity contribution < 1.29 is 4.74 Å². The van der Waals surface area contributed by atoms with E-state index in [4.69, 9.17) is 10.6 Å². The minimum atomic E-state index is -0.0712. The molecule has 19 heavy (non-hydrogen) atoms. The molecule has 0 saturated heterocycles. The summed E-state index contributed by atoms with van der Waals surface area (Å²) in [4.78, 5) is 0. The minimum Gasteiger partial charge on any atom is -0.494 e. The van der Waals surface area contributed by atoms with Gasteiger partial charge in [0.2, 0.25) is 0 Å². The predicted molar refractivity (Wildman–Crippen MR) is 74.7 cm³/mol. The van der Waals surface area contributed by atoms with Crippen molar-refractivity contribution in [1.82, 2.24) is 15.2 Å². The molecule has 1 atom stereocenters. The second-order valence-electron chi connectivity index (χ2n) is 4.17. The Hall–Kier alpha value is -1.85. The van der Waals surface area contributed by atoms with E-state index in [1.165, 1.54) is 0 Å². The molecule has 1 heterocycles. The van der Waals surface area contributed by atoms with Gasteiger partial charge in [-0.05, 0) is 37.6 Å². The third kappa shape index (κ3) is 2.94. The topological polar surface area (TPSA) is 65.1 Å². The van der Waals surface area contributed by atoms with Crippen molar-refractivity contribution in [2.24, 2.45) is 5.84 Å². The van der Waals surface area contributed by atoms with Gasteiger partial charge in [-0.25, -0.2) is 5.43 Å². The number of aromatic nitrogens is 2. The fourth-order valence-electron chi connectivity index (χ4n) is 2.13. The number of ether oxygens (including phenoxy) is 1. The predicted octanol–water partition coefficient (Wildman–Crippen LogP) is 1.85. The van der Waals surface area contributed by atoms with Crippen molar-refractivity contribution in [3.05, 3.63) is 47.8 Å². The van der Waals surface area contributed by atoms with Crippen LogP contribution in [0.3, 0.4) is 0 Å². The van der Waals surface area contributed by atoms with Crippen LogP contribution in [0.15, 0.2) is 36.5 Å².